The third kappa shape index (κ3) is 6.23. The lowest BCUT2D eigenvalue weighted by atomic mass is 9.93. The molecule has 7 heteroatoms. The third-order valence-electron chi connectivity index (χ3n) is 5.40. The average molecular weight is 447 g/mol. The van der Waals surface area contributed by atoms with Crippen LogP contribution in [0.25, 0.3) is 0 Å². The van der Waals surface area contributed by atoms with Crippen molar-refractivity contribution in [2.75, 3.05) is 24.2 Å². The summed E-state index contributed by atoms with van der Waals surface area (Å²) >= 11 is 0. The van der Waals surface area contributed by atoms with Gasteiger partial charge in [-0.1, -0.05) is 32.9 Å². The summed E-state index contributed by atoms with van der Waals surface area (Å²) in [4.78, 5) is 12.8. The van der Waals surface area contributed by atoms with E-state index < -0.39 is 10.0 Å². The van der Waals surface area contributed by atoms with Crippen molar-refractivity contribution < 1.29 is 17.9 Å². The number of hydrogen-bond donors (Lipinski definition) is 1. The molecule has 0 radical (unpaired) electrons. The average Bonchev–Trinajstić information content (AvgIpc) is 2.70. The van der Waals surface area contributed by atoms with Crippen LogP contribution in [-0.4, -0.2) is 34.2 Å². The fourth-order valence-electron chi connectivity index (χ4n) is 3.60. The van der Waals surface area contributed by atoms with Crippen LogP contribution in [0.2, 0.25) is 0 Å². The highest BCUT2D eigenvalue weighted by atomic mass is 32.2. The second-order valence-electron chi connectivity index (χ2n) is 8.18. The number of sulfonamides is 1. The number of ether oxygens (including phenoxy) is 1. The first-order valence-electron chi connectivity index (χ1n) is 10.5. The molecule has 2 aromatic carbocycles. The Kier molecular flexibility index (Phi) is 8.12. The molecule has 6 nitrogen and oxygen atoms in total. The number of nitrogens with zero attached hydrogens (tertiary/aromatic N) is 1. The molecule has 0 unspecified atom stereocenters. The second kappa shape index (κ2) is 10.2. The van der Waals surface area contributed by atoms with Gasteiger partial charge in [-0.15, -0.1) is 0 Å². The van der Waals surface area contributed by atoms with Crippen molar-refractivity contribution in [3.63, 3.8) is 0 Å². The molecule has 0 spiro atoms. The van der Waals surface area contributed by atoms with E-state index >= 15 is 0 Å². The molecule has 0 fully saturated rings. The maximum atomic E-state index is 12.8. The van der Waals surface area contributed by atoms with Gasteiger partial charge in [0.25, 0.3) is 0 Å². The van der Waals surface area contributed by atoms with Crippen LogP contribution in [0.4, 0.5) is 5.69 Å². The van der Waals surface area contributed by atoms with Crippen LogP contribution in [-0.2, 0) is 21.2 Å². The lowest BCUT2D eigenvalue weighted by Crippen LogP contribution is -2.41. The minimum absolute atomic E-state index is 0.268. The molecule has 1 atom stereocenters. The van der Waals surface area contributed by atoms with Crippen LogP contribution in [0.15, 0.2) is 36.4 Å². The van der Waals surface area contributed by atoms with Crippen molar-refractivity contribution in [1.82, 2.24) is 5.32 Å². The Morgan fingerprint density at radius 2 is 1.71 bits per heavy atom. The predicted octanol–water partition coefficient (Wildman–Crippen LogP) is 4.33. The van der Waals surface area contributed by atoms with Gasteiger partial charge in [-0.05, 0) is 72.7 Å². The summed E-state index contributed by atoms with van der Waals surface area (Å²) in [6, 6.07) is 11.0. The van der Waals surface area contributed by atoms with Crippen LogP contribution in [0.3, 0.4) is 0 Å². The van der Waals surface area contributed by atoms with Crippen molar-refractivity contribution in [3.8, 4) is 5.75 Å². The van der Waals surface area contributed by atoms with Crippen molar-refractivity contribution >= 4 is 21.6 Å². The lowest BCUT2D eigenvalue weighted by Gasteiger charge is -2.24. The Labute approximate surface area is 186 Å². The van der Waals surface area contributed by atoms with Crippen molar-refractivity contribution in [2.24, 2.45) is 0 Å². The first kappa shape index (κ1) is 24.7. The number of carbonyl (C=O) groups excluding carboxylic acids is 1. The first-order chi connectivity index (χ1) is 14.5. The molecule has 170 valence electrons. The van der Waals surface area contributed by atoms with E-state index in [1.165, 1.54) is 0 Å². The van der Waals surface area contributed by atoms with E-state index in [2.05, 4.69) is 25.2 Å². The van der Waals surface area contributed by atoms with E-state index in [4.69, 9.17) is 4.74 Å². The Morgan fingerprint density at radius 3 is 2.19 bits per heavy atom. The van der Waals surface area contributed by atoms with Crippen LogP contribution in [0, 0.1) is 6.92 Å². The SMILES string of the molecule is CCc1ccc(N(CC(=O)N[C@@H](C)c2cc(C(C)C)c(OC)cc2C)S(C)(=O)=O)cc1. The number of nitrogens with one attached hydrogen (secondary N) is 1. The molecule has 31 heavy (non-hydrogen) atoms. The topological polar surface area (TPSA) is 75.7 Å². The minimum atomic E-state index is -3.61. The summed E-state index contributed by atoms with van der Waals surface area (Å²) in [5.74, 6) is 0.733. The zero-order valence-corrected chi connectivity index (χ0v) is 20.3. The predicted molar refractivity (Wildman–Crippen MR) is 126 cm³/mol. The smallest absolute Gasteiger partial charge is 0.241 e. The standard InChI is InChI=1S/C24H34N2O4S/c1-8-19-9-11-20(12-10-19)26(31(7,28)29)15-24(27)25-18(5)22-14-21(16(2)3)23(30-6)13-17(22)4/h9-14,16,18H,8,15H2,1-7H3,(H,25,27)/t18-/m0/s1. The van der Waals surface area contributed by atoms with Crippen LogP contribution in [0.1, 0.15) is 61.9 Å². The van der Waals surface area contributed by atoms with Gasteiger partial charge in [0.2, 0.25) is 15.9 Å². The summed E-state index contributed by atoms with van der Waals surface area (Å²) in [6.07, 6.45) is 1.97. The number of aryl methyl sites for hydroxylation is 2. The number of amides is 1. The van der Waals surface area contributed by atoms with Crippen molar-refractivity contribution in [3.05, 3.63) is 58.7 Å². The van der Waals surface area contributed by atoms with Gasteiger partial charge in [0, 0.05) is 0 Å². The van der Waals surface area contributed by atoms with E-state index in [1.54, 1.807) is 19.2 Å². The Balaban J connectivity index is 2.23. The summed E-state index contributed by atoms with van der Waals surface area (Å²) in [5.41, 5.74) is 4.63. The van der Waals surface area contributed by atoms with E-state index in [9.17, 15) is 13.2 Å². The van der Waals surface area contributed by atoms with Gasteiger partial charge < -0.3 is 10.1 Å². The number of anilines is 1. The largest absolute Gasteiger partial charge is 0.496 e. The van der Waals surface area contributed by atoms with Gasteiger partial charge in [0.05, 0.1) is 25.1 Å². The summed E-state index contributed by atoms with van der Waals surface area (Å²) in [7, 11) is -1.96. The molecule has 0 aliphatic rings. The molecule has 2 aromatic rings. The van der Waals surface area contributed by atoms with Gasteiger partial charge in [0.15, 0.2) is 0 Å². The molecule has 0 saturated carbocycles. The maximum Gasteiger partial charge on any atom is 0.241 e. The first-order valence-corrected chi connectivity index (χ1v) is 12.4. The normalized spacial score (nSPS) is 12.5. The molecular formula is C24H34N2O4S. The van der Waals surface area contributed by atoms with Gasteiger partial charge in [-0.25, -0.2) is 8.42 Å². The van der Waals surface area contributed by atoms with E-state index in [0.29, 0.717) is 5.69 Å². The molecule has 0 bridgehead atoms. The summed E-state index contributed by atoms with van der Waals surface area (Å²) in [6.45, 7) is 9.81. The van der Waals surface area contributed by atoms with Crippen LogP contribution >= 0.6 is 0 Å². The van der Waals surface area contributed by atoms with E-state index in [0.717, 1.165) is 45.0 Å². The number of hydrogen-bond acceptors (Lipinski definition) is 4. The van der Waals surface area contributed by atoms with E-state index in [1.807, 2.05) is 39.0 Å². The highest BCUT2D eigenvalue weighted by molar-refractivity contribution is 7.92. The molecule has 0 aliphatic heterocycles. The molecule has 2 rings (SSSR count). The number of benzene rings is 2. The van der Waals surface area contributed by atoms with Crippen molar-refractivity contribution in [1.29, 1.82) is 0 Å². The van der Waals surface area contributed by atoms with Crippen molar-refractivity contribution in [2.45, 2.75) is 53.0 Å². The van der Waals surface area contributed by atoms with E-state index in [-0.39, 0.29) is 24.4 Å². The zero-order valence-electron chi connectivity index (χ0n) is 19.5. The van der Waals surface area contributed by atoms with Crippen LogP contribution < -0.4 is 14.4 Å². The molecule has 0 saturated heterocycles. The fraction of sp³-hybridized carbons (Fsp3) is 0.458. The van der Waals surface area contributed by atoms with Crippen LogP contribution in [0.5, 0.6) is 5.75 Å². The quantitative estimate of drug-likeness (QED) is 0.622. The number of rotatable bonds is 9. The molecule has 1 N–H and O–H groups in total. The fourth-order valence-corrected chi connectivity index (χ4v) is 4.46. The summed E-state index contributed by atoms with van der Waals surface area (Å²) in [5, 5.41) is 2.95. The highest BCUT2D eigenvalue weighted by Crippen LogP contribution is 2.32. The maximum absolute atomic E-state index is 12.8. The highest BCUT2D eigenvalue weighted by Gasteiger charge is 2.23. The van der Waals surface area contributed by atoms with Gasteiger partial charge in [-0.2, -0.15) is 0 Å². The monoisotopic (exact) mass is 446 g/mol. The molecular weight excluding hydrogens is 412 g/mol. The van der Waals surface area contributed by atoms with Gasteiger partial charge in [0.1, 0.15) is 12.3 Å². The molecule has 0 heterocycles. The molecule has 1 amide bonds. The third-order valence-corrected chi connectivity index (χ3v) is 6.55. The zero-order chi connectivity index (χ0) is 23.3. The number of methoxy groups -OCH3 is 1. The lowest BCUT2D eigenvalue weighted by molar-refractivity contribution is -0.120. The molecule has 0 aromatic heterocycles. The Morgan fingerprint density at radius 1 is 1.10 bits per heavy atom. The summed E-state index contributed by atoms with van der Waals surface area (Å²) < 4.78 is 31.3. The minimum Gasteiger partial charge on any atom is -0.496 e. The Hall–Kier alpha value is -2.54. The van der Waals surface area contributed by atoms with Gasteiger partial charge in [-0.3, -0.25) is 9.10 Å². The van der Waals surface area contributed by atoms with Gasteiger partial charge >= 0.3 is 0 Å². The Bertz CT molecular complexity index is 1010. The second-order valence-corrected chi connectivity index (χ2v) is 10.1. The number of carbonyl (C=O) groups is 1. The molecule has 0 aliphatic carbocycles.